The smallest absolute Gasteiger partial charge is 0.146 e. The van der Waals surface area contributed by atoms with Crippen LogP contribution in [-0.4, -0.2) is 50.8 Å². The molecule has 0 saturated carbocycles. The predicted molar refractivity (Wildman–Crippen MR) is 98.9 cm³/mol. The van der Waals surface area contributed by atoms with Crippen LogP contribution < -0.4 is 4.90 Å². The Morgan fingerprint density at radius 3 is 2.72 bits per heavy atom. The average Bonchev–Trinajstić information content (AvgIpc) is 3.27. The number of piperidine rings is 1. The zero-order chi connectivity index (χ0) is 17.2. The summed E-state index contributed by atoms with van der Waals surface area (Å²) in [6, 6.07) is 3.91. The molecule has 4 heterocycles. The van der Waals surface area contributed by atoms with Crippen molar-refractivity contribution in [2.24, 2.45) is 7.05 Å². The van der Waals surface area contributed by atoms with Gasteiger partial charge in [-0.3, -0.25) is 4.90 Å². The highest BCUT2D eigenvalue weighted by atomic mass is 35.5. The first-order valence-electron chi connectivity index (χ1n) is 9.18. The number of pyridine rings is 1. The minimum atomic E-state index is 0.399. The number of likely N-dealkylation sites (tertiary alicyclic amines) is 1. The summed E-state index contributed by atoms with van der Waals surface area (Å²) in [4.78, 5) is 9.27. The minimum absolute atomic E-state index is 0.399. The maximum atomic E-state index is 5.96. The van der Waals surface area contributed by atoms with Crippen molar-refractivity contribution in [2.45, 2.75) is 38.1 Å². The van der Waals surface area contributed by atoms with E-state index in [1.807, 2.05) is 12.1 Å². The second-order valence-corrected chi connectivity index (χ2v) is 7.57. The van der Waals surface area contributed by atoms with Crippen LogP contribution in [0, 0.1) is 0 Å². The van der Waals surface area contributed by atoms with Crippen LogP contribution in [0.3, 0.4) is 0 Å². The normalized spacial score (nSPS) is 21.8. The first kappa shape index (κ1) is 16.8. The van der Waals surface area contributed by atoms with Crippen LogP contribution in [0.2, 0.25) is 5.02 Å². The molecule has 6 nitrogen and oxygen atoms in total. The molecule has 0 aliphatic carbocycles. The monoisotopic (exact) mass is 360 g/mol. The van der Waals surface area contributed by atoms with Crippen molar-refractivity contribution < 1.29 is 0 Å². The SMILES string of the molecule is Cn1c(CN2CCCC2)nnc1[C@H]1CCCN(c2ccc(Cl)cn2)C1. The number of hydrogen-bond donors (Lipinski definition) is 0. The number of nitrogens with zero attached hydrogens (tertiary/aromatic N) is 6. The van der Waals surface area contributed by atoms with Gasteiger partial charge in [-0.25, -0.2) is 4.98 Å². The fourth-order valence-corrected chi connectivity index (χ4v) is 4.07. The lowest BCUT2D eigenvalue weighted by atomic mass is 9.97. The van der Waals surface area contributed by atoms with Gasteiger partial charge in [-0.1, -0.05) is 11.6 Å². The number of halogens is 1. The van der Waals surface area contributed by atoms with Crippen LogP contribution in [0.1, 0.15) is 43.3 Å². The van der Waals surface area contributed by atoms with E-state index in [4.69, 9.17) is 11.6 Å². The molecular formula is C18H25ClN6. The Labute approximate surface area is 153 Å². The Morgan fingerprint density at radius 2 is 1.96 bits per heavy atom. The van der Waals surface area contributed by atoms with E-state index >= 15 is 0 Å². The molecular weight excluding hydrogens is 336 g/mol. The highest BCUT2D eigenvalue weighted by Crippen LogP contribution is 2.29. The van der Waals surface area contributed by atoms with E-state index in [1.54, 1.807) is 6.20 Å². The minimum Gasteiger partial charge on any atom is -0.356 e. The van der Waals surface area contributed by atoms with Gasteiger partial charge in [-0.2, -0.15) is 0 Å². The van der Waals surface area contributed by atoms with Gasteiger partial charge in [0.25, 0.3) is 0 Å². The lowest BCUT2D eigenvalue weighted by molar-refractivity contribution is 0.317. The predicted octanol–water partition coefficient (Wildman–Crippen LogP) is 2.84. The van der Waals surface area contributed by atoms with E-state index in [1.165, 1.54) is 25.9 Å². The molecule has 25 heavy (non-hydrogen) atoms. The van der Waals surface area contributed by atoms with Crippen LogP contribution >= 0.6 is 11.6 Å². The van der Waals surface area contributed by atoms with E-state index in [2.05, 4.69) is 36.6 Å². The van der Waals surface area contributed by atoms with E-state index in [-0.39, 0.29) is 0 Å². The fraction of sp³-hybridized carbons (Fsp3) is 0.611. The summed E-state index contributed by atoms with van der Waals surface area (Å²) in [5.74, 6) is 3.58. The maximum Gasteiger partial charge on any atom is 0.146 e. The van der Waals surface area contributed by atoms with E-state index in [9.17, 15) is 0 Å². The molecule has 1 atom stereocenters. The van der Waals surface area contributed by atoms with Gasteiger partial charge in [0.15, 0.2) is 0 Å². The third-order valence-corrected chi connectivity index (χ3v) is 5.61. The van der Waals surface area contributed by atoms with Crippen molar-refractivity contribution >= 4 is 17.4 Å². The van der Waals surface area contributed by atoms with Crippen molar-refractivity contribution in [1.82, 2.24) is 24.6 Å². The Morgan fingerprint density at radius 1 is 1.12 bits per heavy atom. The third-order valence-electron chi connectivity index (χ3n) is 5.38. The second kappa shape index (κ2) is 7.30. The Hall–Kier alpha value is -1.66. The summed E-state index contributed by atoms with van der Waals surface area (Å²) < 4.78 is 2.21. The number of anilines is 1. The number of rotatable bonds is 4. The topological polar surface area (TPSA) is 50.1 Å². The molecule has 0 bridgehead atoms. The number of aromatic nitrogens is 4. The first-order chi connectivity index (χ1) is 12.2. The zero-order valence-electron chi connectivity index (χ0n) is 14.7. The van der Waals surface area contributed by atoms with Gasteiger partial charge in [-0.05, 0) is 50.9 Å². The molecule has 2 aromatic heterocycles. The average molecular weight is 361 g/mol. The summed E-state index contributed by atoms with van der Waals surface area (Å²) in [6.45, 7) is 5.25. The van der Waals surface area contributed by atoms with Gasteiger partial charge in [0.2, 0.25) is 0 Å². The largest absolute Gasteiger partial charge is 0.356 e. The zero-order valence-corrected chi connectivity index (χ0v) is 15.5. The fourth-order valence-electron chi connectivity index (χ4n) is 3.96. The highest BCUT2D eigenvalue weighted by molar-refractivity contribution is 6.30. The maximum absolute atomic E-state index is 5.96. The van der Waals surface area contributed by atoms with Crippen molar-refractivity contribution in [3.63, 3.8) is 0 Å². The van der Waals surface area contributed by atoms with Crippen LogP contribution in [-0.2, 0) is 13.6 Å². The molecule has 134 valence electrons. The van der Waals surface area contributed by atoms with Crippen LogP contribution in [0.15, 0.2) is 18.3 Å². The van der Waals surface area contributed by atoms with Gasteiger partial charge in [-0.15, -0.1) is 10.2 Å². The van der Waals surface area contributed by atoms with Gasteiger partial charge < -0.3 is 9.47 Å². The first-order valence-corrected chi connectivity index (χ1v) is 9.55. The molecule has 2 saturated heterocycles. The Bertz CT molecular complexity index is 707. The molecule has 0 N–H and O–H groups in total. The van der Waals surface area contributed by atoms with Gasteiger partial charge >= 0.3 is 0 Å². The lowest BCUT2D eigenvalue weighted by Crippen LogP contribution is -2.35. The molecule has 2 aliphatic heterocycles. The summed E-state index contributed by atoms with van der Waals surface area (Å²) in [6.07, 6.45) is 6.62. The molecule has 2 aliphatic rings. The van der Waals surface area contributed by atoms with Gasteiger partial charge in [0.05, 0.1) is 11.6 Å². The standard InChI is InChI=1S/C18H25ClN6/c1-23-17(13-24-8-2-3-9-24)21-22-18(23)14-5-4-10-25(12-14)16-7-6-15(19)11-20-16/h6-7,11,14H,2-5,8-10,12-13H2,1H3/t14-/m0/s1. The lowest BCUT2D eigenvalue weighted by Gasteiger charge is -2.33. The second-order valence-electron chi connectivity index (χ2n) is 7.14. The summed E-state index contributed by atoms with van der Waals surface area (Å²) in [7, 11) is 2.11. The summed E-state index contributed by atoms with van der Waals surface area (Å²) in [5.41, 5.74) is 0. The number of hydrogen-bond acceptors (Lipinski definition) is 5. The van der Waals surface area contributed by atoms with E-state index in [0.717, 1.165) is 49.9 Å². The summed E-state index contributed by atoms with van der Waals surface area (Å²) in [5, 5.41) is 9.70. The Kier molecular flexibility index (Phi) is 4.90. The Balaban J connectivity index is 1.47. The van der Waals surface area contributed by atoms with Crippen molar-refractivity contribution in [1.29, 1.82) is 0 Å². The molecule has 0 amide bonds. The van der Waals surface area contributed by atoms with Crippen molar-refractivity contribution in [3.05, 3.63) is 35.0 Å². The van der Waals surface area contributed by atoms with Crippen LogP contribution in [0.5, 0.6) is 0 Å². The third kappa shape index (κ3) is 3.65. The highest BCUT2D eigenvalue weighted by Gasteiger charge is 2.27. The molecule has 2 aromatic rings. The van der Waals surface area contributed by atoms with Crippen molar-refractivity contribution in [2.75, 3.05) is 31.1 Å². The van der Waals surface area contributed by atoms with Crippen molar-refractivity contribution in [3.8, 4) is 0 Å². The van der Waals surface area contributed by atoms with Crippen LogP contribution in [0.25, 0.3) is 0 Å². The molecule has 7 heteroatoms. The van der Waals surface area contributed by atoms with Crippen LogP contribution in [0.4, 0.5) is 5.82 Å². The molecule has 2 fully saturated rings. The molecule has 0 spiro atoms. The van der Waals surface area contributed by atoms with E-state index < -0.39 is 0 Å². The molecule has 0 aromatic carbocycles. The molecule has 0 unspecified atom stereocenters. The van der Waals surface area contributed by atoms with E-state index in [0.29, 0.717) is 10.9 Å². The summed E-state index contributed by atoms with van der Waals surface area (Å²) >= 11 is 5.96. The molecule has 0 radical (unpaired) electrons. The van der Waals surface area contributed by atoms with Gasteiger partial charge in [0, 0.05) is 32.3 Å². The molecule has 4 rings (SSSR count). The van der Waals surface area contributed by atoms with Gasteiger partial charge in [0.1, 0.15) is 17.5 Å². The quantitative estimate of drug-likeness (QED) is 0.839.